The van der Waals surface area contributed by atoms with Gasteiger partial charge in [0, 0.05) is 12.6 Å². The number of carbonyl (C=O) groups excluding carboxylic acids is 2. The first kappa shape index (κ1) is 24.7. The Kier molecular flexibility index (Phi) is 17.6. The molecule has 5 nitrogen and oxygen atoms in total. The first-order chi connectivity index (χ1) is 12.6. The number of ether oxygens (including phenoxy) is 1. The van der Waals surface area contributed by atoms with Gasteiger partial charge in [-0.15, -0.1) is 0 Å². The lowest BCUT2D eigenvalue weighted by Gasteiger charge is -2.16. The first-order valence-electron chi connectivity index (χ1n) is 10.7. The van der Waals surface area contributed by atoms with Crippen LogP contribution in [0.4, 0.5) is 4.79 Å². The van der Waals surface area contributed by atoms with Gasteiger partial charge in [-0.1, -0.05) is 84.5 Å². The number of esters is 1. The highest BCUT2D eigenvalue weighted by atomic mass is 16.5. The summed E-state index contributed by atoms with van der Waals surface area (Å²) in [5.41, 5.74) is 0. The number of rotatable bonds is 17. The van der Waals surface area contributed by atoms with Crippen LogP contribution in [-0.4, -0.2) is 31.7 Å². The fourth-order valence-electron chi connectivity index (χ4n) is 2.99. The molecular weight excluding hydrogens is 328 g/mol. The number of methoxy groups -OCH3 is 1. The smallest absolute Gasteiger partial charge is 0.315 e. The Morgan fingerprint density at radius 3 is 1.77 bits per heavy atom. The van der Waals surface area contributed by atoms with E-state index in [1.807, 2.05) is 6.92 Å². The van der Waals surface area contributed by atoms with Crippen molar-refractivity contribution in [3.8, 4) is 0 Å². The lowest BCUT2D eigenvalue weighted by molar-refractivity contribution is -0.141. The van der Waals surface area contributed by atoms with Crippen molar-refractivity contribution in [3.05, 3.63) is 0 Å². The Morgan fingerprint density at radius 2 is 1.31 bits per heavy atom. The Labute approximate surface area is 161 Å². The molecule has 2 N–H and O–H groups in total. The Bertz CT molecular complexity index is 348. The van der Waals surface area contributed by atoms with E-state index >= 15 is 0 Å². The molecule has 0 aliphatic rings. The van der Waals surface area contributed by atoms with E-state index in [0.29, 0.717) is 13.0 Å². The number of carbonyl (C=O) groups is 2. The van der Waals surface area contributed by atoms with Crippen LogP contribution in [-0.2, 0) is 9.53 Å². The molecule has 0 heterocycles. The van der Waals surface area contributed by atoms with Gasteiger partial charge in [-0.05, 0) is 12.8 Å². The van der Waals surface area contributed by atoms with E-state index in [-0.39, 0.29) is 24.5 Å². The van der Waals surface area contributed by atoms with Crippen LogP contribution in [0.25, 0.3) is 0 Å². The molecule has 0 unspecified atom stereocenters. The zero-order chi connectivity index (χ0) is 19.5. The molecule has 0 aliphatic heterocycles. The van der Waals surface area contributed by atoms with E-state index in [1.165, 1.54) is 71.3 Å². The number of amides is 2. The van der Waals surface area contributed by atoms with Gasteiger partial charge in [-0.2, -0.15) is 0 Å². The van der Waals surface area contributed by atoms with Crippen LogP contribution in [0.1, 0.15) is 104 Å². The van der Waals surface area contributed by atoms with E-state index in [1.54, 1.807) is 0 Å². The minimum Gasteiger partial charge on any atom is -0.469 e. The lowest BCUT2D eigenvalue weighted by atomic mass is 10.1. The highest BCUT2D eigenvalue weighted by Gasteiger charge is 2.14. The molecule has 0 aromatic heterocycles. The van der Waals surface area contributed by atoms with Crippen molar-refractivity contribution in [1.82, 2.24) is 10.6 Å². The molecule has 0 aromatic rings. The highest BCUT2D eigenvalue weighted by molar-refractivity contribution is 5.76. The van der Waals surface area contributed by atoms with Gasteiger partial charge in [0.2, 0.25) is 0 Å². The van der Waals surface area contributed by atoms with Crippen molar-refractivity contribution in [3.63, 3.8) is 0 Å². The quantitative estimate of drug-likeness (QED) is 0.269. The largest absolute Gasteiger partial charge is 0.469 e. The molecule has 0 fully saturated rings. The summed E-state index contributed by atoms with van der Waals surface area (Å²) >= 11 is 0. The normalized spacial score (nSPS) is 11.8. The molecule has 0 radical (unpaired) electrons. The topological polar surface area (TPSA) is 67.4 Å². The average Bonchev–Trinajstić information content (AvgIpc) is 2.64. The van der Waals surface area contributed by atoms with E-state index in [9.17, 15) is 9.59 Å². The second-order valence-corrected chi connectivity index (χ2v) is 7.17. The average molecular weight is 371 g/mol. The summed E-state index contributed by atoms with van der Waals surface area (Å²) in [7, 11) is 1.36. The van der Waals surface area contributed by atoms with Gasteiger partial charge in [0.25, 0.3) is 0 Å². The zero-order valence-electron chi connectivity index (χ0n) is 17.4. The fourth-order valence-corrected chi connectivity index (χ4v) is 2.99. The summed E-state index contributed by atoms with van der Waals surface area (Å²) in [6.45, 7) is 4.89. The maximum Gasteiger partial charge on any atom is 0.315 e. The summed E-state index contributed by atoms with van der Waals surface area (Å²) in [4.78, 5) is 23.1. The van der Waals surface area contributed by atoms with Crippen LogP contribution < -0.4 is 10.6 Å². The Hall–Kier alpha value is -1.26. The lowest BCUT2D eigenvalue weighted by Crippen LogP contribution is -2.43. The molecule has 1 atom stereocenters. The van der Waals surface area contributed by atoms with Crippen molar-refractivity contribution < 1.29 is 14.3 Å². The van der Waals surface area contributed by atoms with E-state index < -0.39 is 0 Å². The standard InChI is InChI=1S/C21H42N2O3/c1-4-6-7-8-9-10-11-12-13-14-15-16-17-22-21(25)23-19(5-2)18-20(24)26-3/h19H,4-18H2,1-3H3,(H2,22,23,25)/t19-/m0/s1. The Balaban J connectivity index is 3.41. The van der Waals surface area contributed by atoms with Crippen molar-refractivity contribution in [2.45, 2.75) is 110 Å². The van der Waals surface area contributed by atoms with Crippen LogP contribution in [0.2, 0.25) is 0 Å². The van der Waals surface area contributed by atoms with Crippen molar-refractivity contribution in [1.29, 1.82) is 0 Å². The number of urea groups is 1. The minimum absolute atomic E-state index is 0.163. The van der Waals surface area contributed by atoms with Crippen molar-refractivity contribution >= 4 is 12.0 Å². The summed E-state index contributed by atoms with van der Waals surface area (Å²) in [6.07, 6.45) is 16.7. The zero-order valence-corrected chi connectivity index (χ0v) is 17.4. The SMILES string of the molecule is CCCCCCCCCCCCCCNC(=O)N[C@@H](CC)CC(=O)OC. The molecule has 0 saturated heterocycles. The number of unbranched alkanes of at least 4 members (excludes halogenated alkanes) is 11. The van der Waals surface area contributed by atoms with Gasteiger partial charge in [0.05, 0.1) is 13.5 Å². The van der Waals surface area contributed by atoms with Crippen molar-refractivity contribution in [2.75, 3.05) is 13.7 Å². The molecule has 0 rings (SSSR count). The van der Waals surface area contributed by atoms with Gasteiger partial charge in [-0.25, -0.2) is 4.79 Å². The third kappa shape index (κ3) is 16.2. The number of nitrogens with one attached hydrogen (secondary N) is 2. The minimum atomic E-state index is -0.293. The van der Waals surface area contributed by atoms with Crippen LogP contribution >= 0.6 is 0 Å². The molecule has 0 aromatic carbocycles. The molecular formula is C21H42N2O3. The van der Waals surface area contributed by atoms with Crippen LogP contribution in [0.3, 0.4) is 0 Å². The summed E-state index contributed by atoms with van der Waals surface area (Å²) in [6, 6.07) is -0.353. The molecule has 154 valence electrons. The monoisotopic (exact) mass is 370 g/mol. The maximum atomic E-state index is 11.8. The van der Waals surface area contributed by atoms with Gasteiger partial charge < -0.3 is 15.4 Å². The van der Waals surface area contributed by atoms with Crippen LogP contribution in [0, 0.1) is 0 Å². The molecule has 0 aliphatic carbocycles. The molecule has 26 heavy (non-hydrogen) atoms. The van der Waals surface area contributed by atoms with Crippen LogP contribution in [0.15, 0.2) is 0 Å². The van der Waals surface area contributed by atoms with Crippen LogP contribution in [0.5, 0.6) is 0 Å². The van der Waals surface area contributed by atoms with Gasteiger partial charge in [-0.3, -0.25) is 4.79 Å². The Morgan fingerprint density at radius 1 is 0.808 bits per heavy atom. The third-order valence-electron chi connectivity index (χ3n) is 4.78. The predicted octanol–water partition coefficient (Wildman–Crippen LogP) is 5.33. The highest BCUT2D eigenvalue weighted by Crippen LogP contribution is 2.11. The predicted molar refractivity (Wildman–Crippen MR) is 108 cm³/mol. The molecule has 2 amide bonds. The van der Waals surface area contributed by atoms with E-state index in [0.717, 1.165) is 12.8 Å². The fraction of sp³-hybridized carbons (Fsp3) is 0.905. The van der Waals surface area contributed by atoms with E-state index in [2.05, 4.69) is 22.3 Å². The molecule has 0 bridgehead atoms. The second-order valence-electron chi connectivity index (χ2n) is 7.17. The first-order valence-corrected chi connectivity index (χ1v) is 10.7. The third-order valence-corrected chi connectivity index (χ3v) is 4.78. The second kappa shape index (κ2) is 18.5. The molecule has 0 saturated carbocycles. The van der Waals surface area contributed by atoms with Crippen molar-refractivity contribution in [2.24, 2.45) is 0 Å². The summed E-state index contributed by atoms with van der Waals surface area (Å²) < 4.78 is 4.64. The van der Waals surface area contributed by atoms with E-state index in [4.69, 9.17) is 0 Å². The maximum absolute atomic E-state index is 11.8. The number of hydrogen-bond donors (Lipinski definition) is 2. The van der Waals surface area contributed by atoms with Gasteiger partial charge >= 0.3 is 12.0 Å². The summed E-state index contributed by atoms with van der Waals surface area (Å²) in [5, 5.41) is 5.70. The molecule has 5 heteroatoms. The molecule has 0 spiro atoms. The van der Waals surface area contributed by atoms with Gasteiger partial charge in [0.1, 0.15) is 0 Å². The number of hydrogen-bond acceptors (Lipinski definition) is 3. The summed E-state index contributed by atoms with van der Waals surface area (Å²) in [5.74, 6) is -0.293. The van der Waals surface area contributed by atoms with Gasteiger partial charge in [0.15, 0.2) is 0 Å².